The fraction of sp³-hybridized carbons (Fsp3) is 0.263. The van der Waals surface area contributed by atoms with Crippen molar-refractivity contribution < 1.29 is 32.6 Å². The number of hydrogen-bond acceptors (Lipinski definition) is 5. The lowest BCUT2D eigenvalue weighted by molar-refractivity contribution is -0.157. The largest absolute Gasteiger partial charge is 0.485 e. The predicted molar refractivity (Wildman–Crippen MR) is 90.2 cm³/mol. The molecule has 0 aliphatic carbocycles. The molecule has 1 N–H and O–H groups in total. The van der Waals surface area contributed by atoms with Gasteiger partial charge in [0.2, 0.25) is 6.10 Å². The van der Waals surface area contributed by atoms with E-state index in [4.69, 9.17) is 14.2 Å². The van der Waals surface area contributed by atoms with Gasteiger partial charge in [-0.2, -0.15) is 0 Å². The molecule has 2 aromatic carbocycles. The highest BCUT2D eigenvalue weighted by molar-refractivity contribution is 5.82. The predicted octanol–water partition coefficient (Wildman–Crippen LogP) is 2.53. The molecule has 2 atom stereocenters. The van der Waals surface area contributed by atoms with E-state index in [0.29, 0.717) is 11.5 Å². The number of carbonyl (C=O) groups is 2. The SMILES string of the molecule is C[C@H](NC(=O)COC(=O)[C@H]1COc2ccccc2O1)c1ccc(F)cc1F. The van der Waals surface area contributed by atoms with Gasteiger partial charge in [-0.25, -0.2) is 13.6 Å². The molecule has 1 amide bonds. The van der Waals surface area contributed by atoms with Crippen molar-refractivity contribution >= 4 is 11.9 Å². The maximum absolute atomic E-state index is 13.7. The van der Waals surface area contributed by atoms with E-state index in [-0.39, 0.29) is 12.2 Å². The summed E-state index contributed by atoms with van der Waals surface area (Å²) in [6.45, 7) is 0.938. The second-order valence-electron chi connectivity index (χ2n) is 5.93. The van der Waals surface area contributed by atoms with Crippen LogP contribution < -0.4 is 14.8 Å². The van der Waals surface area contributed by atoms with Crippen molar-refractivity contribution in [2.75, 3.05) is 13.2 Å². The van der Waals surface area contributed by atoms with Gasteiger partial charge in [0.05, 0.1) is 6.04 Å². The molecule has 0 bridgehead atoms. The standard InChI is InChI=1S/C19H17F2NO5/c1-11(13-7-6-12(20)8-14(13)21)22-18(23)10-26-19(24)17-9-25-15-4-2-3-5-16(15)27-17/h2-8,11,17H,9-10H2,1H3,(H,22,23)/t11-,17+/m0/s1. The van der Waals surface area contributed by atoms with Crippen LogP contribution in [-0.4, -0.2) is 31.2 Å². The molecule has 0 unspecified atom stereocenters. The average Bonchev–Trinajstić information content (AvgIpc) is 2.65. The zero-order valence-corrected chi connectivity index (χ0v) is 14.4. The number of para-hydroxylation sites is 2. The number of amides is 1. The molecule has 27 heavy (non-hydrogen) atoms. The smallest absolute Gasteiger partial charge is 0.351 e. The summed E-state index contributed by atoms with van der Waals surface area (Å²) in [4.78, 5) is 24.0. The van der Waals surface area contributed by atoms with Gasteiger partial charge in [-0.1, -0.05) is 18.2 Å². The van der Waals surface area contributed by atoms with Gasteiger partial charge >= 0.3 is 5.97 Å². The van der Waals surface area contributed by atoms with Gasteiger partial charge in [-0.3, -0.25) is 4.79 Å². The zero-order chi connectivity index (χ0) is 19.4. The highest BCUT2D eigenvalue weighted by Crippen LogP contribution is 2.31. The number of ether oxygens (including phenoxy) is 3. The van der Waals surface area contributed by atoms with Crippen LogP contribution >= 0.6 is 0 Å². The van der Waals surface area contributed by atoms with E-state index in [1.54, 1.807) is 24.3 Å². The molecule has 3 rings (SSSR count). The van der Waals surface area contributed by atoms with Crippen molar-refractivity contribution in [1.29, 1.82) is 0 Å². The molecule has 0 spiro atoms. The Morgan fingerprint density at radius 2 is 1.96 bits per heavy atom. The molecule has 8 heteroatoms. The molecule has 1 aliphatic rings. The molecular formula is C19H17F2NO5. The van der Waals surface area contributed by atoms with E-state index in [1.807, 2.05) is 0 Å². The summed E-state index contributed by atoms with van der Waals surface area (Å²) in [7, 11) is 0. The van der Waals surface area contributed by atoms with Gasteiger partial charge in [-0.05, 0) is 25.1 Å². The molecule has 0 fully saturated rings. The number of carbonyl (C=O) groups excluding carboxylic acids is 2. The number of nitrogens with one attached hydrogen (secondary N) is 1. The minimum absolute atomic E-state index is 0.0331. The third-order valence-electron chi connectivity index (χ3n) is 3.92. The summed E-state index contributed by atoms with van der Waals surface area (Å²) >= 11 is 0. The first kappa shape index (κ1) is 18.6. The second kappa shape index (κ2) is 8.03. The molecule has 0 saturated carbocycles. The van der Waals surface area contributed by atoms with Crippen LogP contribution in [0.5, 0.6) is 11.5 Å². The first-order chi connectivity index (χ1) is 12.9. The lowest BCUT2D eigenvalue weighted by atomic mass is 10.1. The number of esters is 1. The van der Waals surface area contributed by atoms with Crippen LogP contribution in [0, 0.1) is 11.6 Å². The van der Waals surface area contributed by atoms with E-state index in [9.17, 15) is 18.4 Å². The highest BCUT2D eigenvalue weighted by atomic mass is 19.1. The van der Waals surface area contributed by atoms with Gasteiger partial charge in [0.25, 0.3) is 5.91 Å². The van der Waals surface area contributed by atoms with E-state index in [0.717, 1.165) is 12.1 Å². The van der Waals surface area contributed by atoms with E-state index < -0.39 is 42.3 Å². The van der Waals surface area contributed by atoms with Gasteiger partial charge in [0.15, 0.2) is 18.1 Å². The molecule has 6 nitrogen and oxygen atoms in total. The molecule has 0 saturated heterocycles. The monoisotopic (exact) mass is 377 g/mol. The first-order valence-corrected chi connectivity index (χ1v) is 8.23. The summed E-state index contributed by atoms with van der Waals surface area (Å²) in [5.41, 5.74) is 0.122. The van der Waals surface area contributed by atoms with Crippen molar-refractivity contribution in [2.24, 2.45) is 0 Å². The Hall–Kier alpha value is -3.16. The van der Waals surface area contributed by atoms with Crippen LogP contribution in [0.25, 0.3) is 0 Å². The number of rotatable bonds is 5. The van der Waals surface area contributed by atoms with Gasteiger partial charge in [-0.15, -0.1) is 0 Å². The van der Waals surface area contributed by atoms with Crippen molar-refractivity contribution in [3.63, 3.8) is 0 Å². The highest BCUT2D eigenvalue weighted by Gasteiger charge is 2.29. The van der Waals surface area contributed by atoms with Crippen LogP contribution in [0.4, 0.5) is 8.78 Å². The molecular weight excluding hydrogens is 360 g/mol. The first-order valence-electron chi connectivity index (χ1n) is 8.23. The lowest BCUT2D eigenvalue weighted by Gasteiger charge is -2.25. The van der Waals surface area contributed by atoms with Gasteiger partial charge in [0, 0.05) is 11.6 Å². The molecule has 142 valence electrons. The summed E-state index contributed by atoms with van der Waals surface area (Å²) < 4.78 is 42.5. The van der Waals surface area contributed by atoms with E-state index in [1.165, 1.54) is 13.0 Å². The Balaban J connectivity index is 1.49. The van der Waals surface area contributed by atoms with Crippen molar-refractivity contribution in [1.82, 2.24) is 5.32 Å². The number of hydrogen-bond donors (Lipinski definition) is 1. The topological polar surface area (TPSA) is 73.9 Å². The average molecular weight is 377 g/mol. The third-order valence-corrected chi connectivity index (χ3v) is 3.92. The van der Waals surface area contributed by atoms with Gasteiger partial charge in [0.1, 0.15) is 18.2 Å². The number of halogens is 2. The molecule has 0 aromatic heterocycles. The summed E-state index contributed by atoms with van der Waals surface area (Å²) in [6.07, 6.45) is -0.986. The Morgan fingerprint density at radius 1 is 1.22 bits per heavy atom. The minimum Gasteiger partial charge on any atom is -0.485 e. The van der Waals surface area contributed by atoms with Gasteiger partial charge < -0.3 is 19.5 Å². The van der Waals surface area contributed by atoms with Crippen LogP contribution in [0.2, 0.25) is 0 Å². The van der Waals surface area contributed by atoms with Crippen LogP contribution in [0.15, 0.2) is 42.5 Å². The lowest BCUT2D eigenvalue weighted by Crippen LogP contribution is -2.40. The summed E-state index contributed by atoms with van der Waals surface area (Å²) in [5, 5.41) is 2.48. The summed E-state index contributed by atoms with van der Waals surface area (Å²) in [5.74, 6) is -1.92. The van der Waals surface area contributed by atoms with Crippen molar-refractivity contribution in [2.45, 2.75) is 19.1 Å². The minimum atomic E-state index is -0.986. The van der Waals surface area contributed by atoms with E-state index in [2.05, 4.69) is 5.32 Å². The molecule has 0 radical (unpaired) electrons. The zero-order valence-electron chi connectivity index (χ0n) is 14.4. The maximum Gasteiger partial charge on any atom is 0.351 e. The second-order valence-corrected chi connectivity index (χ2v) is 5.93. The Labute approximate surface area is 154 Å². The van der Waals surface area contributed by atoms with Crippen LogP contribution in [-0.2, 0) is 14.3 Å². The van der Waals surface area contributed by atoms with Crippen molar-refractivity contribution in [3.8, 4) is 11.5 Å². The fourth-order valence-corrected chi connectivity index (χ4v) is 2.58. The summed E-state index contributed by atoms with van der Waals surface area (Å²) in [6, 6.07) is 9.22. The van der Waals surface area contributed by atoms with Crippen molar-refractivity contribution in [3.05, 3.63) is 59.7 Å². The Morgan fingerprint density at radius 3 is 2.70 bits per heavy atom. The molecule has 2 aromatic rings. The maximum atomic E-state index is 13.7. The normalized spacial score (nSPS) is 16.3. The molecule has 1 heterocycles. The number of fused-ring (bicyclic) bond motifs is 1. The van der Waals surface area contributed by atoms with Crippen LogP contribution in [0.1, 0.15) is 18.5 Å². The molecule has 1 aliphatic heterocycles. The fourth-order valence-electron chi connectivity index (χ4n) is 2.58. The third kappa shape index (κ3) is 4.52. The van der Waals surface area contributed by atoms with E-state index >= 15 is 0 Å². The number of benzene rings is 2. The Kier molecular flexibility index (Phi) is 5.54. The Bertz CT molecular complexity index is 858. The van der Waals surface area contributed by atoms with Crippen LogP contribution in [0.3, 0.4) is 0 Å². The quantitative estimate of drug-likeness (QED) is 0.811.